The van der Waals surface area contributed by atoms with Gasteiger partial charge in [0.25, 0.3) is 0 Å². The van der Waals surface area contributed by atoms with Gasteiger partial charge in [-0.15, -0.1) is 0 Å². The van der Waals surface area contributed by atoms with E-state index >= 15 is 0 Å². The molecular weight excluding hydrogens is 233 g/mol. The first-order chi connectivity index (χ1) is 3.43. The summed E-state index contributed by atoms with van der Waals surface area (Å²) in [6, 6.07) is 4.25. The second kappa shape index (κ2) is 2.89. The van der Waals surface area contributed by atoms with Crippen LogP contribution in [-0.4, -0.2) is 13.6 Å². The fourth-order valence-corrected chi connectivity index (χ4v) is 4.02. The predicted molar refractivity (Wildman–Crippen MR) is 38.6 cm³/mol. The maximum absolute atomic E-state index is 3.47. The molecule has 0 nitrogen and oxygen atoms in total. The van der Waals surface area contributed by atoms with E-state index < -0.39 is 0 Å². The summed E-state index contributed by atoms with van der Waals surface area (Å²) >= 11 is 5.37. The van der Waals surface area contributed by atoms with Crippen LogP contribution in [0.15, 0.2) is 17.5 Å². The SMILES string of the molecule is [Br][Ge][c]1cccs1. The fourth-order valence-electron chi connectivity index (χ4n) is 0.332. The van der Waals surface area contributed by atoms with Crippen LogP contribution in [-0.2, 0) is 0 Å². The Balaban J connectivity index is 2.76. The van der Waals surface area contributed by atoms with E-state index in [4.69, 9.17) is 0 Å². The average molecular weight is 236 g/mol. The summed E-state index contributed by atoms with van der Waals surface area (Å²) in [6.07, 6.45) is 0. The normalized spacial score (nSPS) is 9.29. The zero-order valence-electron chi connectivity index (χ0n) is 3.52. The third-order valence-corrected chi connectivity index (χ3v) is 6.89. The van der Waals surface area contributed by atoms with Gasteiger partial charge < -0.3 is 0 Å². The molecule has 0 spiro atoms. The van der Waals surface area contributed by atoms with Crippen LogP contribution in [0.2, 0.25) is 0 Å². The maximum atomic E-state index is 3.47. The van der Waals surface area contributed by atoms with Gasteiger partial charge in [0.1, 0.15) is 0 Å². The molecule has 0 saturated carbocycles. The summed E-state index contributed by atoms with van der Waals surface area (Å²) in [5.41, 5.74) is 0. The standard InChI is InChI=1S/C4H3BrGeS/c5-6-4-2-1-3-7-4/h1-3H. The zero-order valence-corrected chi connectivity index (χ0v) is 8.02. The van der Waals surface area contributed by atoms with Crippen LogP contribution in [0.4, 0.5) is 0 Å². The van der Waals surface area contributed by atoms with Crippen molar-refractivity contribution in [2.24, 2.45) is 0 Å². The van der Waals surface area contributed by atoms with E-state index in [2.05, 4.69) is 31.5 Å². The first kappa shape index (κ1) is 5.85. The summed E-state index contributed by atoms with van der Waals surface area (Å²) in [5, 5.41) is 2.11. The van der Waals surface area contributed by atoms with Gasteiger partial charge in [0, 0.05) is 0 Å². The van der Waals surface area contributed by atoms with Gasteiger partial charge in [-0.05, 0) is 0 Å². The van der Waals surface area contributed by atoms with E-state index in [9.17, 15) is 0 Å². The second-order valence-electron chi connectivity index (χ2n) is 1.07. The van der Waals surface area contributed by atoms with Crippen LogP contribution in [0.5, 0.6) is 0 Å². The molecule has 0 amide bonds. The van der Waals surface area contributed by atoms with Crippen LogP contribution in [0.1, 0.15) is 0 Å². The monoisotopic (exact) mass is 236 g/mol. The molecule has 36 valence electrons. The zero-order chi connectivity index (χ0) is 5.11. The third-order valence-electron chi connectivity index (χ3n) is 0.614. The van der Waals surface area contributed by atoms with Crippen LogP contribution < -0.4 is 3.71 Å². The second-order valence-corrected chi connectivity index (χ2v) is 6.37. The quantitative estimate of drug-likeness (QED) is 0.646. The Morgan fingerprint density at radius 2 is 2.57 bits per heavy atom. The minimum atomic E-state index is 0.0671. The van der Waals surface area contributed by atoms with Gasteiger partial charge >= 0.3 is 60.2 Å². The topological polar surface area (TPSA) is 0 Å². The van der Waals surface area contributed by atoms with Gasteiger partial charge in [-0.25, -0.2) is 0 Å². The van der Waals surface area contributed by atoms with Crippen molar-refractivity contribution in [1.82, 2.24) is 0 Å². The van der Waals surface area contributed by atoms with Gasteiger partial charge in [0.05, 0.1) is 0 Å². The Kier molecular flexibility index (Phi) is 2.42. The number of halogens is 1. The molecule has 2 radical (unpaired) electrons. The molecule has 0 N–H and O–H groups in total. The van der Waals surface area contributed by atoms with E-state index in [-0.39, 0.29) is 13.6 Å². The Bertz CT molecular complexity index is 126. The van der Waals surface area contributed by atoms with Crippen molar-refractivity contribution in [2.45, 2.75) is 0 Å². The molecule has 0 aliphatic heterocycles. The molecule has 1 aromatic rings. The van der Waals surface area contributed by atoms with Gasteiger partial charge in [-0.1, -0.05) is 0 Å². The molecule has 7 heavy (non-hydrogen) atoms. The van der Waals surface area contributed by atoms with Crippen molar-refractivity contribution in [3.63, 3.8) is 0 Å². The van der Waals surface area contributed by atoms with Crippen LogP contribution in [0, 0.1) is 0 Å². The van der Waals surface area contributed by atoms with Gasteiger partial charge in [0.15, 0.2) is 0 Å². The van der Waals surface area contributed by atoms with Crippen molar-refractivity contribution in [2.75, 3.05) is 0 Å². The van der Waals surface area contributed by atoms with Gasteiger partial charge in [-0.3, -0.25) is 0 Å². The Hall–Kier alpha value is 0.723. The molecule has 0 saturated heterocycles. The van der Waals surface area contributed by atoms with Crippen molar-refractivity contribution in [3.05, 3.63) is 17.5 Å². The van der Waals surface area contributed by atoms with E-state index in [0.717, 1.165) is 0 Å². The van der Waals surface area contributed by atoms with E-state index in [1.54, 1.807) is 0 Å². The molecule has 0 aliphatic carbocycles. The molecule has 0 aliphatic rings. The predicted octanol–water partition coefficient (Wildman–Crippen LogP) is 1.39. The van der Waals surface area contributed by atoms with Gasteiger partial charge in [-0.2, -0.15) is 0 Å². The van der Waals surface area contributed by atoms with Crippen LogP contribution >= 0.6 is 25.3 Å². The molecular formula is C4H3BrGeS. The first-order valence-corrected chi connectivity index (χ1v) is 8.68. The fraction of sp³-hybridized carbons (Fsp3) is 0. The molecule has 0 atom stereocenters. The molecule has 0 aromatic carbocycles. The molecule has 1 heterocycles. The molecule has 1 aromatic heterocycles. The van der Waals surface area contributed by atoms with Crippen molar-refractivity contribution in [1.29, 1.82) is 0 Å². The number of thiophene rings is 1. The van der Waals surface area contributed by atoms with Crippen molar-refractivity contribution >= 4 is 42.6 Å². The summed E-state index contributed by atoms with van der Waals surface area (Å²) in [7, 11) is 0. The van der Waals surface area contributed by atoms with Crippen LogP contribution in [0.3, 0.4) is 0 Å². The van der Waals surface area contributed by atoms with Crippen LogP contribution in [0.25, 0.3) is 0 Å². The minimum absolute atomic E-state index is 0.0671. The molecule has 3 heteroatoms. The van der Waals surface area contributed by atoms with Gasteiger partial charge in [0.2, 0.25) is 0 Å². The Morgan fingerprint density at radius 3 is 2.86 bits per heavy atom. The summed E-state index contributed by atoms with van der Waals surface area (Å²) < 4.78 is 1.51. The Labute approximate surface area is 60.0 Å². The Morgan fingerprint density at radius 1 is 1.71 bits per heavy atom. The average Bonchev–Trinajstić information content (AvgIpc) is 2.14. The third kappa shape index (κ3) is 1.59. The molecule has 1 rings (SSSR count). The molecule has 0 unspecified atom stereocenters. The number of rotatable bonds is 1. The molecule has 0 bridgehead atoms. The van der Waals surface area contributed by atoms with E-state index in [0.29, 0.717) is 0 Å². The van der Waals surface area contributed by atoms with E-state index in [1.807, 2.05) is 11.3 Å². The van der Waals surface area contributed by atoms with Crippen molar-refractivity contribution < 1.29 is 0 Å². The van der Waals surface area contributed by atoms with E-state index in [1.165, 1.54) is 3.71 Å². The summed E-state index contributed by atoms with van der Waals surface area (Å²) in [4.78, 5) is 0. The molecule has 0 fully saturated rings. The summed E-state index contributed by atoms with van der Waals surface area (Å²) in [5.74, 6) is 0. The first-order valence-electron chi connectivity index (χ1n) is 1.83. The summed E-state index contributed by atoms with van der Waals surface area (Å²) in [6.45, 7) is 0. The number of hydrogen-bond acceptors (Lipinski definition) is 1. The van der Waals surface area contributed by atoms with Crippen molar-refractivity contribution in [3.8, 4) is 0 Å². The number of hydrogen-bond donors (Lipinski definition) is 0.